The van der Waals surface area contributed by atoms with Gasteiger partial charge in [-0.1, -0.05) is 83.5 Å². The summed E-state index contributed by atoms with van der Waals surface area (Å²) < 4.78 is 0. The second-order valence-electron chi connectivity index (χ2n) is 7.90. The van der Waals surface area contributed by atoms with Crippen LogP contribution >= 0.6 is 0 Å². The molecule has 132 valence electrons. The summed E-state index contributed by atoms with van der Waals surface area (Å²) in [6.45, 7) is 16.4. The van der Waals surface area contributed by atoms with Crippen LogP contribution in [0.25, 0.3) is 6.08 Å². The van der Waals surface area contributed by atoms with Crippen molar-refractivity contribution in [2.24, 2.45) is 0 Å². The molecule has 1 heteroatoms. The predicted molar refractivity (Wildman–Crippen MR) is 113 cm³/mol. The summed E-state index contributed by atoms with van der Waals surface area (Å²) in [5.74, 6) is 3.55. The number of aryl methyl sites for hydroxylation is 1. The lowest BCUT2D eigenvalue weighted by Gasteiger charge is -2.38. The van der Waals surface area contributed by atoms with E-state index in [0.29, 0.717) is 0 Å². The van der Waals surface area contributed by atoms with Crippen LogP contribution in [0.3, 0.4) is 0 Å². The van der Waals surface area contributed by atoms with Crippen LogP contribution in [0.15, 0.2) is 30.3 Å². The third-order valence-electron chi connectivity index (χ3n) is 5.23. The molecule has 24 heavy (non-hydrogen) atoms. The fourth-order valence-electron chi connectivity index (χ4n) is 3.85. The maximum Gasteiger partial charge on any atom is 0.145 e. The number of hydrogen-bond donors (Lipinski definition) is 0. The Hall–Kier alpha value is -1.26. The monoisotopic (exact) mass is 340 g/mol. The van der Waals surface area contributed by atoms with Gasteiger partial charge in [0.2, 0.25) is 0 Å². The molecule has 1 rings (SSSR count). The maximum atomic E-state index is 3.81. The number of allylic oxidation sites excluding steroid dienone is 1. The first kappa shape index (κ1) is 20.8. The van der Waals surface area contributed by atoms with E-state index >= 15 is 0 Å². The summed E-state index contributed by atoms with van der Waals surface area (Å²) in [6, 6.07) is 8.69. The number of rotatable bonds is 7. The van der Waals surface area contributed by atoms with Crippen LogP contribution in [-0.2, 0) is 0 Å². The van der Waals surface area contributed by atoms with Crippen molar-refractivity contribution in [3.05, 3.63) is 41.5 Å². The van der Waals surface area contributed by atoms with Gasteiger partial charge in [-0.25, -0.2) is 0 Å². The highest BCUT2D eigenvalue weighted by Crippen LogP contribution is 2.40. The van der Waals surface area contributed by atoms with E-state index in [1.54, 1.807) is 0 Å². The van der Waals surface area contributed by atoms with E-state index in [4.69, 9.17) is 0 Å². The standard InChI is InChI=1S/C23H36Si/c1-19(2)24(20(3)4,21(5)6)18-12-10-8-9-11-13-23-16-14-22(7)15-17-23/h11,13-17,19-21H,8-10H2,1-7H3/b13-11+. The fraction of sp³-hybridized carbons (Fsp3) is 0.565. The van der Waals surface area contributed by atoms with Crippen LogP contribution in [-0.4, -0.2) is 8.07 Å². The predicted octanol–water partition coefficient (Wildman–Crippen LogP) is 7.40. The van der Waals surface area contributed by atoms with Crippen LogP contribution in [0.4, 0.5) is 0 Å². The minimum atomic E-state index is -1.53. The molecule has 1 aromatic carbocycles. The summed E-state index contributed by atoms with van der Waals surface area (Å²) in [5, 5.41) is 0. The third-order valence-corrected chi connectivity index (χ3v) is 11.6. The molecule has 0 radical (unpaired) electrons. The second kappa shape index (κ2) is 9.89. The van der Waals surface area contributed by atoms with Crippen molar-refractivity contribution in [3.8, 4) is 11.5 Å². The van der Waals surface area contributed by atoms with Crippen molar-refractivity contribution < 1.29 is 0 Å². The maximum absolute atomic E-state index is 3.81. The van der Waals surface area contributed by atoms with E-state index in [1.165, 1.54) is 11.1 Å². The van der Waals surface area contributed by atoms with Gasteiger partial charge >= 0.3 is 0 Å². The van der Waals surface area contributed by atoms with Gasteiger partial charge < -0.3 is 0 Å². The summed E-state index contributed by atoms with van der Waals surface area (Å²) >= 11 is 0. The molecule has 0 saturated heterocycles. The normalized spacial score (nSPS) is 12.2. The lowest BCUT2D eigenvalue weighted by Crippen LogP contribution is -2.43. The first-order valence-electron chi connectivity index (χ1n) is 9.54. The van der Waals surface area contributed by atoms with Gasteiger partial charge in [0.15, 0.2) is 0 Å². The minimum Gasteiger partial charge on any atom is -0.130 e. The minimum absolute atomic E-state index is 0.728. The Kier molecular flexibility index (Phi) is 8.57. The van der Waals surface area contributed by atoms with Crippen molar-refractivity contribution in [2.45, 2.75) is 84.4 Å². The van der Waals surface area contributed by atoms with E-state index in [-0.39, 0.29) is 0 Å². The molecule has 0 nitrogen and oxygen atoms in total. The van der Waals surface area contributed by atoms with Gasteiger partial charge in [-0.3, -0.25) is 0 Å². The van der Waals surface area contributed by atoms with Gasteiger partial charge in [-0.15, -0.1) is 11.5 Å². The lowest BCUT2D eigenvalue weighted by molar-refractivity contribution is 0.837. The van der Waals surface area contributed by atoms with Crippen LogP contribution < -0.4 is 0 Å². The average Bonchev–Trinajstić information content (AvgIpc) is 2.50. The molecular weight excluding hydrogens is 304 g/mol. The number of hydrogen-bond acceptors (Lipinski definition) is 0. The molecule has 0 fully saturated rings. The summed E-state index contributed by atoms with van der Waals surface area (Å²) in [4.78, 5) is 0. The molecule has 0 amide bonds. The average molecular weight is 341 g/mol. The van der Waals surface area contributed by atoms with Crippen molar-refractivity contribution in [1.29, 1.82) is 0 Å². The van der Waals surface area contributed by atoms with Gasteiger partial charge in [-0.2, -0.15) is 0 Å². The first-order valence-corrected chi connectivity index (χ1v) is 11.8. The van der Waals surface area contributed by atoms with Crippen LogP contribution in [0.5, 0.6) is 0 Å². The van der Waals surface area contributed by atoms with Crippen LogP contribution in [0.1, 0.15) is 71.9 Å². The molecule has 0 aromatic heterocycles. The fourth-order valence-corrected chi connectivity index (χ4v) is 9.15. The number of benzene rings is 1. The highest BCUT2D eigenvalue weighted by Gasteiger charge is 2.41. The van der Waals surface area contributed by atoms with E-state index in [0.717, 1.165) is 35.9 Å². The molecule has 0 spiro atoms. The van der Waals surface area contributed by atoms with Crippen molar-refractivity contribution in [2.75, 3.05) is 0 Å². The molecule has 1 aromatic rings. The van der Waals surface area contributed by atoms with Gasteiger partial charge in [0.1, 0.15) is 8.07 Å². The van der Waals surface area contributed by atoms with Crippen LogP contribution in [0, 0.1) is 18.4 Å². The summed E-state index contributed by atoms with van der Waals surface area (Å²) in [7, 11) is -1.53. The number of unbranched alkanes of at least 4 members (excludes halogenated alkanes) is 2. The van der Waals surface area contributed by atoms with E-state index in [9.17, 15) is 0 Å². The molecule has 0 aliphatic carbocycles. The summed E-state index contributed by atoms with van der Waals surface area (Å²) in [6.07, 6.45) is 7.81. The molecule has 0 aliphatic rings. The molecule has 0 bridgehead atoms. The van der Waals surface area contributed by atoms with Gasteiger partial charge in [0.25, 0.3) is 0 Å². The van der Waals surface area contributed by atoms with Crippen LogP contribution in [0.2, 0.25) is 16.6 Å². The molecule has 0 atom stereocenters. The highest BCUT2D eigenvalue weighted by atomic mass is 28.3. The molecular formula is C23H36Si. The zero-order chi connectivity index (χ0) is 18.2. The third kappa shape index (κ3) is 5.67. The van der Waals surface area contributed by atoms with E-state index < -0.39 is 8.07 Å². The SMILES string of the molecule is Cc1ccc(/C=C/CCCC#C[Si](C(C)C)(C(C)C)C(C)C)cc1. The Morgan fingerprint density at radius 3 is 1.96 bits per heavy atom. The Morgan fingerprint density at radius 2 is 1.46 bits per heavy atom. The first-order chi connectivity index (χ1) is 11.3. The van der Waals surface area contributed by atoms with Gasteiger partial charge in [0.05, 0.1) is 0 Å². The lowest BCUT2D eigenvalue weighted by atomic mass is 10.1. The Labute approximate surface area is 151 Å². The molecule has 0 aliphatic heterocycles. The molecule has 0 saturated carbocycles. The second-order valence-corrected chi connectivity index (χ2v) is 13.5. The molecule has 0 unspecified atom stereocenters. The van der Waals surface area contributed by atoms with Gasteiger partial charge in [-0.05, 0) is 42.0 Å². The Balaban J connectivity index is 2.54. The topological polar surface area (TPSA) is 0 Å². The zero-order valence-corrected chi connectivity index (χ0v) is 17.8. The van der Waals surface area contributed by atoms with E-state index in [1.807, 2.05) is 0 Å². The largest absolute Gasteiger partial charge is 0.145 e. The quantitative estimate of drug-likeness (QED) is 0.275. The molecule has 0 heterocycles. The summed E-state index contributed by atoms with van der Waals surface area (Å²) in [5.41, 5.74) is 8.60. The van der Waals surface area contributed by atoms with Crippen molar-refractivity contribution >= 4 is 14.1 Å². The van der Waals surface area contributed by atoms with Crippen molar-refractivity contribution in [3.63, 3.8) is 0 Å². The zero-order valence-electron chi connectivity index (χ0n) is 16.8. The Bertz CT molecular complexity index is 543. The van der Waals surface area contributed by atoms with Crippen molar-refractivity contribution in [1.82, 2.24) is 0 Å². The smallest absolute Gasteiger partial charge is 0.130 e. The Morgan fingerprint density at radius 1 is 0.917 bits per heavy atom. The van der Waals surface area contributed by atoms with Gasteiger partial charge in [0, 0.05) is 6.42 Å². The highest BCUT2D eigenvalue weighted by molar-refractivity contribution is 6.90. The molecule has 0 N–H and O–H groups in total. The van der Waals surface area contributed by atoms with E-state index in [2.05, 4.69) is 96.3 Å².